The highest BCUT2D eigenvalue weighted by atomic mass is 15.1. The first-order valence-corrected chi connectivity index (χ1v) is 9.84. The van der Waals surface area contributed by atoms with E-state index < -0.39 is 0 Å². The summed E-state index contributed by atoms with van der Waals surface area (Å²) in [4.78, 5) is 11.4. The van der Waals surface area contributed by atoms with Gasteiger partial charge >= 0.3 is 0 Å². The van der Waals surface area contributed by atoms with Crippen LogP contribution in [0.1, 0.15) is 30.7 Å². The highest BCUT2D eigenvalue weighted by molar-refractivity contribution is 5.60. The van der Waals surface area contributed by atoms with E-state index in [-0.39, 0.29) is 0 Å². The lowest BCUT2D eigenvalue weighted by Crippen LogP contribution is -2.21. The van der Waals surface area contributed by atoms with E-state index in [0.717, 1.165) is 36.8 Å². The third-order valence-electron chi connectivity index (χ3n) is 4.66. The van der Waals surface area contributed by atoms with Gasteiger partial charge in [0.05, 0.1) is 0 Å². The van der Waals surface area contributed by atoms with Crippen LogP contribution in [0, 0.1) is 13.8 Å². The van der Waals surface area contributed by atoms with Crippen LogP contribution >= 0.6 is 0 Å². The molecule has 2 aromatic carbocycles. The molecule has 0 fully saturated rings. The number of benzene rings is 2. The van der Waals surface area contributed by atoms with Gasteiger partial charge in [-0.05, 0) is 57.5 Å². The van der Waals surface area contributed by atoms with Crippen LogP contribution in [0.25, 0.3) is 0 Å². The van der Waals surface area contributed by atoms with Crippen LogP contribution in [-0.2, 0) is 6.54 Å². The van der Waals surface area contributed by atoms with Gasteiger partial charge in [-0.2, -0.15) is 4.98 Å². The summed E-state index contributed by atoms with van der Waals surface area (Å²) >= 11 is 0. The molecule has 5 heteroatoms. The summed E-state index contributed by atoms with van der Waals surface area (Å²) in [6, 6.07) is 18.8. The highest BCUT2D eigenvalue weighted by Gasteiger charge is 2.05. The summed E-state index contributed by atoms with van der Waals surface area (Å²) < 4.78 is 0. The number of anilines is 4. The molecule has 0 saturated carbocycles. The van der Waals surface area contributed by atoms with E-state index in [2.05, 4.69) is 94.8 Å². The second-order valence-corrected chi connectivity index (χ2v) is 6.90. The minimum Gasteiger partial charge on any atom is -0.372 e. The second-order valence-electron chi connectivity index (χ2n) is 6.90. The molecular formula is C23H29N5. The summed E-state index contributed by atoms with van der Waals surface area (Å²) in [5.41, 5.74) is 5.61. The molecule has 146 valence electrons. The lowest BCUT2D eigenvalue weighted by molar-refractivity contribution is 0.866. The van der Waals surface area contributed by atoms with Crippen molar-refractivity contribution in [2.45, 2.75) is 34.2 Å². The van der Waals surface area contributed by atoms with Gasteiger partial charge in [-0.3, -0.25) is 0 Å². The Morgan fingerprint density at radius 3 is 2.32 bits per heavy atom. The highest BCUT2D eigenvalue weighted by Crippen LogP contribution is 2.21. The van der Waals surface area contributed by atoms with Gasteiger partial charge in [0.25, 0.3) is 0 Å². The van der Waals surface area contributed by atoms with E-state index in [1.807, 2.05) is 13.0 Å². The SMILES string of the molecule is CCN(CC)c1ccc(Nc2nc(C)cc(NCc3cccc(C)c3)n2)cc1. The van der Waals surface area contributed by atoms with Crippen molar-refractivity contribution >= 4 is 23.1 Å². The Hall–Kier alpha value is -3.08. The largest absolute Gasteiger partial charge is 0.372 e. The molecule has 2 N–H and O–H groups in total. The summed E-state index contributed by atoms with van der Waals surface area (Å²) in [7, 11) is 0. The first kappa shape index (κ1) is 19.7. The van der Waals surface area contributed by atoms with E-state index in [4.69, 9.17) is 0 Å². The first-order chi connectivity index (χ1) is 13.6. The maximum Gasteiger partial charge on any atom is 0.229 e. The van der Waals surface area contributed by atoms with Gasteiger partial charge in [0.15, 0.2) is 0 Å². The first-order valence-electron chi connectivity index (χ1n) is 9.84. The van der Waals surface area contributed by atoms with Gasteiger partial charge in [-0.15, -0.1) is 0 Å². The van der Waals surface area contributed by atoms with E-state index in [1.54, 1.807) is 0 Å². The Morgan fingerprint density at radius 2 is 1.64 bits per heavy atom. The van der Waals surface area contributed by atoms with Crippen molar-refractivity contribution in [2.75, 3.05) is 28.6 Å². The predicted octanol–water partition coefficient (Wildman–Crippen LogP) is 5.30. The molecule has 0 bridgehead atoms. The Morgan fingerprint density at radius 1 is 0.893 bits per heavy atom. The van der Waals surface area contributed by atoms with Crippen LogP contribution in [0.3, 0.4) is 0 Å². The van der Waals surface area contributed by atoms with Crippen LogP contribution in [0.5, 0.6) is 0 Å². The molecule has 0 atom stereocenters. The number of rotatable bonds is 8. The number of nitrogens with zero attached hydrogens (tertiary/aromatic N) is 3. The molecule has 1 heterocycles. The molecule has 3 aromatic rings. The maximum absolute atomic E-state index is 4.61. The molecule has 28 heavy (non-hydrogen) atoms. The standard InChI is InChI=1S/C23H29N5/c1-5-28(6-2)21-12-10-20(11-13-21)26-23-25-18(4)15-22(27-23)24-16-19-9-7-8-17(3)14-19/h7-15H,5-6,16H2,1-4H3,(H2,24,25,26,27). The number of aryl methyl sites for hydroxylation is 2. The zero-order chi connectivity index (χ0) is 19.9. The molecule has 0 unspecified atom stereocenters. The van der Waals surface area contributed by atoms with Crippen LogP contribution in [0.4, 0.5) is 23.1 Å². The average molecular weight is 376 g/mol. The summed E-state index contributed by atoms with van der Waals surface area (Å²) in [6.45, 7) is 11.2. The van der Waals surface area contributed by atoms with Crippen molar-refractivity contribution in [2.24, 2.45) is 0 Å². The van der Waals surface area contributed by atoms with Gasteiger partial charge in [0, 0.05) is 42.8 Å². The van der Waals surface area contributed by atoms with E-state index >= 15 is 0 Å². The third kappa shape index (κ3) is 5.22. The fourth-order valence-electron chi connectivity index (χ4n) is 3.20. The zero-order valence-corrected chi connectivity index (χ0v) is 17.2. The molecule has 0 aliphatic heterocycles. The van der Waals surface area contributed by atoms with Crippen molar-refractivity contribution in [3.8, 4) is 0 Å². The maximum atomic E-state index is 4.61. The van der Waals surface area contributed by atoms with Crippen LogP contribution in [-0.4, -0.2) is 23.1 Å². The lowest BCUT2D eigenvalue weighted by atomic mass is 10.1. The minimum atomic E-state index is 0.599. The molecule has 5 nitrogen and oxygen atoms in total. The van der Waals surface area contributed by atoms with Gasteiger partial charge < -0.3 is 15.5 Å². The Kier molecular flexibility index (Phi) is 6.48. The number of nitrogens with one attached hydrogen (secondary N) is 2. The summed E-state index contributed by atoms with van der Waals surface area (Å²) in [5, 5.41) is 6.71. The normalized spacial score (nSPS) is 10.6. The average Bonchev–Trinajstić information content (AvgIpc) is 2.68. The van der Waals surface area contributed by atoms with E-state index in [9.17, 15) is 0 Å². The quantitative estimate of drug-likeness (QED) is 0.560. The van der Waals surface area contributed by atoms with Gasteiger partial charge in [-0.1, -0.05) is 29.8 Å². The third-order valence-corrected chi connectivity index (χ3v) is 4.66. The van der Waals surface area contributed by atoms with Crippen molar-refractivity contribution < 1.29 is 0 Å². The molecule has 0 amide bonds. The van der Waals surface area contributed by atoms with Gasteiger partial charge in [0.1, 0.15) is 5.82 Å². The molecule has 0 aliphatic rings. The topological polar surface area (TPSA) is 53.1 Å². The molecule has 0 saturated heterocycles. The molecule has 0 radical (unpaired) electrons. The molecule has 0 aliphatic carbocycles. The van der Waals surface area contributed by atoms with Crippen molar-refractivity contribution in [3.63, 3.8) is 0 Å². The van der Waals surface area contributed by atoms with E-state index in [1.165, 1.54) is 16.8 Å². The summed E-state index contributed by atoms with van der Waals surface area (Å²) in [5.74, 6) is 1.42. The van der Waals surface area contributed by atoms with Gasteiger partial charge in [-0.25, -0.2) is 4.98 Å². The van der Waals surface area contributed by atoms with Crippen molar-refractivity contribution in [1.29, 1.82) is 0 Å². The van der Waals surface area contributed by atoms with Crippen molar-refractivity contribution in [1.82, 2.24) is 9.97 Å². The van der Waals surface area contributed by atoms with Crippen LogP contribution in [0.2, 0.25) is 0 Å². The van der Waals surface area contributed by atoms with Crippen LogP contribution in [0.15, 0.2) is 54.6 Å². The number of hydrogen-bond acceptors (Lipinski definition) is 5. The molecular weight excluding hydrogens is 346 g/mol. The fraction of sp³-hybridized carbons (Fsp3) is 0.304. The van der Waals surface area contributed by atoms with E-state index in [0.29, 0.717) is 5.95 Å². The molecule has 0 spiro atoms. The fourth-order valence-corrected chi connectivity index (χ4v) is 3.20. The van der Waals surface area contributed by atoms with Gasteiger partial charge in [0.2, 0.25) is 5.95 Å². The Labute approximate surface area is 167 Å². The smallest absolute Gasteiger partial charge is 0.229 e. The van der Waals surface area contributed by atoms with Crippen molar-refractivity contribution in [3.05, 3.63) is 71.4 Å². The number of hydrogen-bond donors (Lipinski definition) is 2. The predicted molar refractivity (Wildman–Crippen MR) is 119 cm³/mol. The summed E-state index contributed by atoms with van der Waals surface area (Å²) in [6.07, 6.45) is 0. The molecule has 3 rings (SSSR count). The molecule has 1 aromatic heterocycles. The van der Waals surface area contributed by atoms with Crippen LogP contribution < -0.4 is 15.5 Å². The zero-order valence-electron chi connectivity index (χ0n) is 17.2. The lowest BCUT2D eigenvalue weighted by Gasteiger charge is -2.21. The Balaban J connectivity index is 1.69. The Bertz CT molecular complexity index is 901. The second kappa shape index (κ2) is 9.22. The monoisotopic (exact) mass is 375 g/mol. The minimum absolute atomic E-state index is 0.599. The number of aromatic nitrogens is 2.